The number of hydrogen-bond donors (Lipinski definition) is 1. The van der Waals surface area contributed by atoms with Gasteiger partial charge in [0.1, 0.15) is 11.8 Å². The Bertz CT molecular complexity index is 833. The van der Waals surface area contributed by atoms with Crippen LogP contribution in [0.5, 0.6) is 5.75 Å². The van der Waals surface area contributed by atoms with Crippen LogP contribution >= 0.6 is 27.5 Å². The van der Waals surface area contributed by atoms with E-state index >= 15 is 0 Å². The topological polar surface area (TPSA) is 58.6 Å². The molecular weight excluding hydrogens is 456 g/mol. The number of halogens is 2. The number of rotatable bonds is 7. The van der Waals surface area contributed by atoms with Crippen molar-refractivity contribution in [3.8, 4) is 5.75 Å². The average Bonchev–Trinajstić information content (AvgIpc) is 2.65. The predicted octanol–water partition coefficient (Wildman–Crippen LogP) is 4.81. The first-order chi connectivity index (χ1) is 13.5. The summed E-state index contributed by atoms with van der Waals surface area (Å²) >= 11 is 9.28. The van der Waals surface area contributed by atoms with Crippen LogP contribution in [0.4, 0.5) is 0 Å². The smallest absolute Gasteiger partial charge is 0.261 e. The lowest BCUT2D eigenvalue weighted by atomic mass is 10.1. The third-order valence-electron chi connectivity index (χ3n) is 4.11. The fourth-order valence-corrected chi connectivity index (χ4v) is 2.99. The van der Waals surface area contributed by atoms with E-state index in [0.717, 1.165) is 10.0 Å². The van der Waals surface area contributed by atoms with Crippen LogP contribution in [-0.2, 0) is 16.1 Å². The normalized spacial score (nSPS) is 12.2. The Morgan fingerprint density at radius 2 is 1.69 bits per heavy atom. The van der Waals surface area contributed by atoms with Crippen LogP contribution in [0.25, 0.3) is 0 Å². The molecule has 0 spiro atoms. The molecule has 0 aliphatic rings. The molecule has 1 N–H and O–H groups in total. The molecule has 0 fully saturated rings. The van der Waals surface area contributed by atoms with Gasteiger partial charge in [0.25, 0.3) is 5.91 Å². The summed E-state index contributed by atoms with van der Waals surface area (Å²) in [4.78, 5) is 27.2. The molecule has 7 heteroatoms. The molecule has 0 heterocycles. The molecule has 29 heavy (non-hydrogen) atoms. The molecule has 0 aliphatic heterocycles. The molecule has 2 rings (SSSR count). The fraction of sp³-hybridized carbons (Fsp3) is 0.364. The highest BCUT2D eigenvalue weighted by Gasteiger charge is 2.28. The Labute approximate surface area is 185 Å². The molecule has 2 aromatic rings. The van der Waals surface area contributed by atoms with E-state index in [2.05, 4.69) is 21.2 Å². The quantitative estimate of drug-likeness (QED) is 0.617. The van der Waals surface area contributed by atoms with E-state index in [1.807, 2.05) is 45.0 Å². The standard InChI is InChI=1S/C22H26BrClN2O3/c1-15(21(28)25-22(2,3)4)26(13-16-5-7-17(23)8-6-16)20(27)14-29-19-11-9-18(24)10-12-19/h5-12,15H,13-14H2,1-4H3,(H,25,28). The Hall–Kier alpha value is -2.05. The first-order valence-electron chi connectivity index (χ1n) is 9.29. The molecule has 0 radical (unpaired) electrons. The van der Waals surface area contributed by atoms with Crippen LogP contribution in [0.1, 0.15) is 33.3 Å². The van der Waals surface area contributed by atoms with Gasteiger partial charge in [-0.05, 0) is 69.7 Å². The molecule has 156 valence electrons. The molecule has 0 saturated heterocycles. The van der Waals surface area contributed by atoms with Crippen molar-refractivity contribution in [2.45, 2.75) is 45.8 Å². The summed E-state index contributed by atoms with van der Waals surface area (Å²) in [5, 5.41) is 3.52. The van der Waals surface area contributed by atoms with Crippen molar-refractivity contribution in [2.24, 2.45) is 0 Å². The Morgan fingerprint density at radius 1 is 1.10 bits per heavy atom. The van der Waals surface area contributed by atoms with Crippen LogP contribution in [0, 0.1) is 0 Å². The van der Waals surface area contributed by atoms with Crippen LogP contribution in [0.15, 0.2) is 53.0 Å². The highest BCUT2D eigenvalue weighted by atomic mass is 79.9. The van der Waals surface area contributed by atoms with Gasteiger partial charge in [0.05, 0.1) is 0 Å². The van der Waals surface area contributed by atoms with Crippen molar-refractivity contribution >= 4 is 39.3 Å². The van der Waals surface area contributed by atoms with E-state index < -0.39 is 11.6 Å². The van der Waals surface area contributed by atoms with Crippen molar-refractivity contribution in [3.63, 3.8) is 0 Å². The van der Waals surface area contributed by atoms with Crippen LogP contribution in [0.3, 0.4) is 0 Å². The minimum absolute atomic E-state index is 0.175. The molecule has 0 aromatic heterocycles. The largest absolute Gasteiger partial charge is 0.484 e. The summed E-state index contributed by atoms with van der Waals surface area (Å²) < 4.78 is 6.55. The first kappa shape index (κ1) is 23.2. The number of carbonyl (C=O) groups is 2. The van der Waals surface area contributed by atoms with E-state index in [1.165, 1.54) is 4.90 Å². The molecule has 1 atom stereocenters. The summed E-state index contributed by atoms with van der Waals surface area (Å²) in [6.07, 6.45) is 0. The van der Waals surface area contributed by atoms with Crippen LogP contribution in [0.2, 0.25) is 5.02 Å². The van der Waals surface area contributed by atoms with Crippen molar-refractivity contribution < 1.29 is 14.3 Å². The highest BCUT2D eigenvalue weighted by molar-refractivity contribution is 9.10. The molecule has 0 aliphatic carbocycles. The molecule has 1 unspecified atom stereocenters. The van der Waals surface area contributed by atoms with Crippen molar-refractivity contribution in [2.75, 3.05) is 6.61 Å². The number of nitrogens with one attached hydrogen (secondary N) is 1. The highest BCUT2D eigenvalue weighted by Crippen LogP contribution is 2.17. The summed E-state index contributed by atoms with van der Waals surface area (Å²) in [5.74, 6) is 0.0482. The zero-order chi connectivity index (χ0) is 21.6. The van der Waals surface area contributed by atoms with Gasteiger partial charge in [-0.2, -0.15) is 0 Å². The molecule has 0 bridgehead atoms. The maximum absolute atomic E-state index is 13.0. The molecule has 2 amide bonds. The van der Waals surface area contributed by atoms with Crippen molar-refractivity contribution in [3.05, 3.63) is 63.6 Å². The summed E-state index contributed by atoms with van der Waals surface area (Å²) in [5.41, 5.74) is 0.528. The average molecular weight is 482 g/mol. The minimum atomic E-state index is -0.654. The summed E-state index contributed by atoms with van der Waals surface area (Å²) in [7, 11) is 0. The maximum atomic E-state index is 13.0. The molecule has 0 saturated carbocycles. The minimum Gasteiger partial charge on any atom is -0.484 e. The number of benzene rings is 2. The van der Waals surface area contributed by atoms with Gasteiger partial charge in [-0.1, -0.05) is 39.7 Å². The van der Waals surface area contributed by atoms with E-state index in [4.69, 9.17) is 16.3 Å². The second-order valence-corrected chi connectivity index (χ2v) is 9.16. The number of ether oxygens (including phenoxy) is 1. The van der Waals surface area contributed by atoms with Crippen LogP contribution in [-0.4, -0.2) is 34.9 Å². The third-order valence-corrected chi connectivity index (χ3v) is 4.89. The fourth-order valence-electron chi connectivity index (χ4n) is 2.60. The zero-order valence-corrected chi connectivity index (χ0v) is 19.4. The zero-order valence-electron chi connectivity index (χ0n) is 17.0. The van der Waals surface area contributed by atoms with Gasteiger partial charge in [-0.3, -0.25) is 9.59 Å². The van der Waals surface area contributed by atoms with Gasteiger partial charge in [-0.15, -0.1) is 0 Å². The molecule has 2 aromatic carbocycles. The Balaban J connectivity index is 2.15. The van der Waals surface area contributed by atoms with Gasteiger partial charge in [0.15, 0.2) is 6.61 Å². The lowest BCUT2D eigenvalue weighted by Gasteiger charge is -2.31. The van der Waals surface area contributed by atoms with E-state index in [9.17, 15) is 9.59 Å². The monoisotopic (exact) mass is 480 g/mol. The lowest BCUT2D eigenvalue weighted by molar-refractivity contribution is -0.142. The van der Waals surface area contributed by atoms with Gasteiger partial charge < -0.3 is 15.0 Å². The lowest BCUT2D eigenvalue weighted by Crippen LogP contribution is -2.53. The second-order valence-electron chi connectivity index (χ2n) is 7.81. The van der Waals surface area contributed by atoms with E-state index in [1.54, 1.807) is 31.2 Å². The van der Waals surface area contributed by atoms with Gasteiger partial charge in [0, 0.05) is 21.6 Å². The maximum Gasteiger partial charge on any atom is 0.261 e. The van der Waals surface area contributed by atoms with Crippen molar-refractivity contribution in [1.82, 2.24) is 10.2 Å². The summed E-state index contributed by atoms with van der Waals surface area (Å²) in [6.45, 7) is 7.56. The molecule has 5 nitrogen and oxygen atoms in total. The SMILES string of the molecule is CC(C(=O)NC(C)(C)C)N(Cc1ccc(Br)cc1)C(=O)COc1ccc(Cl)cc1. The van der Waals surface area contributed by atoms with Crippen molar-refractivity contribution in [1.29, 1.82) is 0 Å². The Morgan fingerprint density at radius 3 is 2.24 bits per heavy atom. The predicted molar refractivity (Wildman–Crippen MR) is 119 cm³/mol. The first-order valence-corrected chi connectivity index (χ1v) is 10.5. The number of hydrogen-bond acceptors (Lipinski definition) is 3. The number of amides is 2. The van der Waals surface area contributed by atoms with E-state index in [0.29, 0.717) is 17.3 Å². The van der Waals surface area contributed by atoms with Gasteiger partial charge >= 0.3 is 0 Å². The Kier molecular flexibility index (Phi) is 8.11. The van der Waals surface area contributed by atoms with Crippen LogP contribution < -0.4 is 10.1 Å². The summed E-state index contributed by atoms with van der Waals surface area (Å²) in [6, 6.07) is 13.8. The van der Waals surface area contributed by atoms with E-state index in [-0.39, 0.29) is 18.4 Å². The van der Waals surface area contributed by atoms with Gasteiger partial charge in [0.2, 0.25) is 5.91 Å². The number of carbonyl (C=O) groups excluding carboxylic acids is 2. The second kappa shape index (κ2) is 10.1. The van der Waals surface area contributed by atoms with Gasteiger partial charge in [-0.25, -0.2) is 0 Å². The molecular formula is C22H26BrClN2O3. The number of nitrogens with zero attached hydrogens (tertiary/aromatic N) is 1. The third kappa shape index (κ3) is 7.71.